The lowest BCUT2D eigenvalue weighted by Crippen LogP contribution is -2.40. The van der Waals surface area contributed by atoms with Crippen molar-refractivity contribution in [2.75, 3.05) is 18.1 Å². The van der Waals surface area contributed by atoms with Gasteiger partial charge in [0.2, 0.25) is 5.91 Å². The summed E-state index contributed by atoms with van der Waals surface area (Å²) in [5.41, 5.74) is 4.19. The monoisotopic (exact) mass is 456 g/mol. The van der Waals surface area contributed by atoms with Crippen molar-refractivity contribution in [2.24, 2.45) is 0 Å². The van der Waals surface area contributed by atoms with Gasteiger partial charge in [0.15, 0.2) is 5.13 Å². The SMILES string of the molecule is CCc1ccc2nc(N(CC3CCCO3)C(=O)C(c3ccccc3)c3ccccc3)sc2c1. The number of anilines is 1. The maximum absolute atomic E-state index is 14.3. The molecular weight excluding hydrogens is 428 g/mol. The summed E-state index contributed by atoms with van der Waals surface area (Å²) in [4.78, 5) is 21.0. The topological polar surface area (TPSA) is 42.4 Å². The Labute approximate surface area is 198 Å². The normalized spacial score (nSPS) is 15.9. The molecule has 0 bridgehead atoms. The minimum Gasteiger partial charge on any atom is -0.376 e. The Hall–Kier alpha value is -3.02. The first kappa shape index (κ1) is 21.8. The van der Waals surface area contributed by atoms with Gasteiger partial charge in [0.25, 0.3) is 0 Å². The highest BCUT2D eigenvalue weighted by Gasteiger charge is 2.32. The van der Waals surface area contributed by atoms with Crippen LogP contribution in [0.1, 0.15) is 42.4 Å². The molecule has 33 heavy (non-hydrogen) atoms. The van der Waals surface area contributed by atoms with E-state index in [9.17, 15) is 4.79 Å². The number of fused-ring (bicyclic) bond motifs is 1. The van der Waals surface area contributed by atoms with Crippen molar-refractivity contribution in [2.45, 2.75) is 38.2 Å². The first-order valence-corrected chi connectivity index (χ1v) is 12.5. The number of aryl methyl sites for hydroxylation is 1. The van der Waals surface area contributed by atoms with Crippen LogP contribution in [0.3, 0.4) is 0 Å². The molecule has 1 unspecified atom stereocenters. The van der Waals surface area contributed by atoms with Gasteiger partial charge in [0.1, 0.15) is 0 Å². The molecule has 2 heterocycles. The molecule has 4 nitrogen and oxygen atoms in total. The van der Waals surface area contributed by atoms with Gasteiger partial charge in [-0.3, -0.25) is 9.69 Å². The summed E-state index contributed by atoms with van der Waals surface area (Å²) in [6, 6.07) is 26.5. The first-order chi connectivity index (χ1) is 16.2. The number of ether oxygens (including phenoxy) is 1. The lowest BCUT2D eigenvalue weighted by Gasteiger charge is -2.28. The molecule has 1 aliphatic heterocycles. The first-order valence-electron chi connectivity index (χ1n) is 11.6. The Bertz CT molecular complexity index is 1180. The number of hydrogen-bond acceptors (Lipinski definition) is 4. The maximum Gasteiger partial charge on any atom is 0.240 e. The maximum atomic E-state index is 14.3. The molecule has 5 heteroatoms. The summed E-state index contributed by atoms with van der Waals surface area (Å²) in [6.45, 7) is 3.43. The van der Waals surface area contributed by atoms with Crippen molar-refractivity contribution in [3.05, 3.63) is 95.6 Å². The van der Waals surface area contributed by atoms with Crippen LogP contribution in [-0.4, -0.2) is 30.1 Å². The number of thiazole rings is 1. The highest BCUT2D eigenvalue weighted by Crippen LogP contribution is 2.35. The van der Waals surface area contributed by atoms with Crippen molar-refractivity contribution >= 4 is 32.6 Å². The highest BCUT2D eigenvalue weighted by molar-refractivity contribution is 7.22. The third-order valence-electron chi connectivity index (χ3n) is 6.27. The standard InChI is InChI=1S/C28H28N2O2S/c1-2-20-15-16-24-25(18-20)33-28(29-24)30(19-23-14-9-17-32-23)27(31)26(21-10-5-3-6-11-21)22-12-7-4-8-13-22/h3-8,10-13,15-16,18,23,26H,2,9,14,17,19H2,1H3. The minimum absolute atomic E-state index is 0.0395. The van der Waals surface area contributed by atoms with E-state index in [0.29, 0.717) is 6.54 Å². The largest absolute Gasteiger partial charge is 0.376 e. The molecule has 0 N–H and O–H groups in total. The summed E-state index contributed by atoms with van der Waals surface area (Å²) >= 11 is 1.59. The number of nitrogens with zero attached hydrogens (tertiary/aromatic N) is 2. The molecular formula is C28H28N2O2S. The smallest absolute Gasteiger partial charge is 0.240 e. The fraction of sp³-hybridized carbons (Fsp3) is 0.286. The Kier molecular flexibility index (Phi) is 6.51. The third kappa shape index (κ3) is 4.70. The van der Waals surface area contributed by atoms with Crippen molar-refractivity contribution in [1.29, 1.82) is 0 Å². The molecule has 0 radical (unpaired) electrons. The fourth-order valence-corrected chi connectivity index (χ4v) is 5.51. The van der Waals surface area contributed by atoms with Gasteiger partial charge in [-0.15, -0.1) is 0 Å². The van der Waals surface area contributed by atoms with Gasteiger partial charge in [0.05, 0.1) is 28.8 Å². The summed E-state index contributed by atoms with van der Waals surface area (Å²) in [5, 5.41) is 0.746. The van der Waals surface area contributed by atoms with Crippen LogP contribution in [0.5, 0.6) is 0 Å². The Morgan fingerprint density at radius 3 is 2.36 bits per heavy atom. The Balaban J connectivity index is 1.58. The van der Waals surface area contributed by atoms with E-state index in [2.05, 4.69) is 25.1 Å². The van der Waals surface area contributed by atoms with Gasteiger partial charge in [-0.1, -0.05) is 85.0 Å². The van der Waals surface area contributed by atoms with Gasteiger partial charge < -0.3 is 4.74 Å². The van der Waals surface area contributed by atoms with Crippen LogP contribution in [0, 0.1) is 0 Å². The summed E-state index contributed by atoms with van der Waals surface area (Å²) in [5.74, 6) is -0.357. The Morgan fingerprint density at radius 1 is 1.06 bits per heavy atom. The molecule has 1 saturated heterocycles. The molecule has 1 atom stereocenters. The molecule has 1 aromatic heterocycles. The van der Waals surface area contributed by atoms with Crippen LogP contribution in [0.15, 0.2) is 78.9 Å². The lowest BCUT2D eigenvalue weighted by atomic mass is 9.90. The second kappa shape index (κ2) is 9.86. The lowest BCUT2D eigenvalue weighted by molar-refractivity contribution is -0.119. The van der Waals surface area contributed by atoms with Crippen molar-refractivity contribution < 1.29 is 9.53 Å². The van der Waals surface area contributed by atoms with Crippen LogP contribution in [0.25, 0.3) is 10.2 Å². The predicted octanol–water partition coefficient (Wildman–Crippen LogP) is 6.20. The molecule has 3 aromatic carbocycles. The molecule has 0 spiro atoms. The number of amides is 1. The molecule has 168 valence electrons. The third-order valence-corrected chi connectivity index (χ3v) is 7.31. The predicted molar refractivity (Wildman–Crippen MR) is 135 cm³/mol. The zero-order valence-electron chi connectivity index (χ0n) is 18.8. The number of carbonyl (C=O) groups excluding carboxylic acids is 1. The van der Waals surface area contributed by atoms with Crippen LogP contribution < -0.4 is 4.90 Å². The molecule has 1 aliphatic rings. The van der Waals surface area contributed by atoms with Crippen molar-refractivity contribution in [3.63, 3.8) is 0 Å². The van der Waals surface area contributed by atoms with E-state index in [1.165, 1.54) is 5.56 Å². The minimum atomic E-state index is -0.396. The number of carbonyl (C=O) groups is 1. The molecule has 5 rings (SSSR count). The Morgan fingerprint density at radius 2 is 1.76 bits per heavy atom. The van der Waals surface area contributed by atoms with E-state index in [0.717, 1.165) is 52.3 Å². The van der Waals surface area contributed by atoms with E-state index in [-0.39, 0.29) is 12.0 Å². The molecule has 1 amide bonds. The second-order valence-corrected chi connectivity index (χ2v) is 9.50. The van der Waals surface area contributed by atoms with Gasteiger partial charge in [0, 0.05) is 6.61 Å². The van der Waals surface area contributed by atoms with E-state index in [1.54, 1.807) is 11.3 Å². The average Bonchev–Trinajstić information content (AvgIpc) is 3.53. The van der Waals surface area contributed by atoms with Gasteiger partial charge in [-0.2, -0.15) is 0 Å². The van der Waals surface area contributed by atoms with Gasteiger partial charge >= 0.3 is 0 Å². The van der Waals surface area contributed by atoms with E-state index >= 15 is 0 Å². The van der Waals surface area contributed by atoms with Crippen LogP contribution in [0.4, 0.5) is 5.13 Å². The molecule has 0 aliphatic carbocycles. The number of aromatic nitrogens is 1. The molecule has 4 aromatic rings. The molecule has 1 fully saturated rings. The summed E-state index contributed by atoms with van der Waals surface area (Å²) in [6.07, 6.45) is 3.02. The van der Waals surface area contributed by atoms with E-state index in [4.69, 9.17) is 9.72 Å². The summed E-state index contributed by atoms with van der Waals surface area (Å²) < 4.78 is 7.06. The van der Waals surface area contributed by atoms with E-state index < -0.39 is 5.92 Å². The quantitative estimate of drug-likeness (QED) is 0.332. The van der Waals surface area contributed by atoms with Crippen molar-refractivity contribution in [1.82, 2.24) is 4.98 Å². The zero-order valence-corrected chi connectivity index (χ0v) is 19.6. The highest BCUT2D eigenvalue weighted by atomic mass is 32.1. The second-order valence-electron chi connectivity index (χ2n) is 8.49. The summed E-state index contributed by atoms with van der Waals surface area (Å²) in [7, 11) is 0. The van der Waals surface area contributed by atoms with Crippen molar-refractivity contribution in [3.8, 4) is 0 Å². The number of hydrogen-bond donors (Lipinski definition) is 0. The van der Waals surface area contributed by atoms with Gasteiger partial charge in [-0.25, -0.2) is 4.98 Å². The zero-order chi connectivity index (χ0) is 22.6. The number of benzene rings is 3. The number of rotatable bonds is 7. The van der Waals surface area contributed by atoms with Gasteiger partial charge in [-0.05, 0) is 48.1 Å². The van der Waals surface area contributed by atoms with E-state index in [1.807, 2.05) is 65.6 Å². The van der Waals surface area contributed by atoms with Crippen LogP contribution in [0.2, 0.25) is 0 Å². The van der Waals surface area contributed by atoms with Crippen LogP contribution >= 0.6 is 11.3 Å². The molecule has 0 saturated carbocycles. The van der Waals surface area contributed by atoms with Crippen LogP contribution in [-0.2, 0) is 16.0 Å². The fourth-order valence-electron chi connectivity index (χ4n) is 4.47. The average molecular weight is 457 g/mol.